The van der Waals surface area contributed by atoms with Crippen molar-refractivity contribution in [1.29, 1.82) is 0 Å². The van der Waals surface area contributed by atoms with E-state index in [1.807, 2.05) is 45.0 Å². The van der Waals surface area contributed by atoms with Crippen molar-refractivity contribution in [3.05, 3.63) is 70.9 Å². The van der Waals surface area contributed by atoms with Crippen molar-refractivity contribution in [2.24, 2.45) is 0 Å². The first-order valence-electron chi connectivity index (χ1n) is 10.6. The number of anilines is 1. The normalized spacial score (nSPS) is 10.6. The van der Waals surface area contributed by atoms with E-state index < -0.39 is 18.5 Å². The molecule has 0 unspecified atom stereocenters. The fraction of sp³-hybridized carbons (Fsp3) is 0.280. The van der Waals surface area contributed by atoms with Crippen molar-refractivity contribution < 1.29 is 19.1 Å². The fourth-order valence-corrected chi connectivity index (χ4v) is 3.62. The summed E-state index contributed by atoms with van der Waals surface area (Å²) >= 11 is 0. The highest BCUT2D eigenvalue weighted by Gasteiger charge is 2.19. The quantitative estimate of drug-likeness (QED) is 0.566. The molecule has 1 aromatic heterocycles. The van der Waals surface area contributed by atoms with E-state index in [4.69, 9.17) is 4.74 Å². The van der Waals surface area contributed by atoms with Gasteiger partial charge in [-0.25, -0.2) is 4.79 Å². The second-order valence-corrected chi connectivity index (χ2v) is 7.39. The van der Waals surface area contributed by atoms with E-state index >= 15 is 0 Å². The lowest BCUT2D eigenvalue weighted by Crippen LogP contribution is -2.30. The number of hydrogen-bond donors (Lipinski definition) is 1. The average Bonchev–Trinajstić information content (AvgIpc) is 2.79. The van der Waals surface area contributed by atoms with Crippen molar-refractivity contribution in [2.45, 2.75) is 27.7 Å². The summed E-state index contributed by atoms with van der Waals surface area (Å²) in [6, 6.07) is 14.2. The number of amides is 2. The number of nitrogens with one attached hydrogen (secondary N) is 1. The number of aromatic nitrogens is 1. The molecule has 3 rings (SSSR count). The molecule has 0 atom stereocenters. The van der Waals surface area contributed by atoms with Crippen LogP contribution in [0.3, 0.4) is 0 Å². The maximum atomic E-state index is 12.6. The van der Waals surface area contributed by atoms with Crippen molar-refractivity contribution >= 4 is 34.4 Å². The zero-order valence-electron chi connectivity index (χ0n) is 18.8. The highest BCUT2D eigenvalue weighted by molar-refractivity contribution is 6.00. The predicted octanol–water partition coefficient (Wildman–Crippen LogP) is 4.13. The molecule has 0 fully saturated rings. The number of pyridine rings is 1. The number of benzene rings is 2. The van der Waals surface area contributed by atoms with E-state index in [-0.39, 0.29) is 5.91 Å². The Morgan fingerprint density at radius 2 is 1.62 bits per heavy atom. The lowest BCUT2D eigenvalue weighted by atomic mass is 10.0. The summed E-state index contributed by atoms with van der Waals surface area (Å²) in [4.78, 5) is 43.5. The first kappa shape index (κ1) is 22.9. The third-order valence-corrected chi connectivity index (χ3v) is 5.34. The zero-order chi connectivity index (χ0) is 23.3. The highest BCUT2D eigenvalue weighted by Crippen LogP contribution is 2.23. The molecule has 0 spiro atoms. The summed E-state index contributed by atoms with van der Waals surface area (Å²) in [7, 11) is 0. The number of hydrogen-bond acceptors (Lipinski definition) is 5. The van der Waals surface area contributed by atoms with Gasteiger partial charge < -0.3 is 15.0 Å². The molecule has 1 N–H and O–H groups in total. The number of fused-ring (bicyclic) bond motifs is 1. The van der Waals surface area contributed by atoms with Crippen molar-refractivity contribution in [1.82, 2.24) is 9.88 Å². The van der Waals surface area contributed by atoms with Gasteiger partial charge in [-0.15, -0.1) is 0 Å². The molecule has 166 valence electrons. The molecule has 2 amide bonds. The van der Waals surface area contributed by atoms with Gasteiger partial charge in [0.2, 0.25) is 0 Å². The molecule has 0 aliphatic rings. The Kier molecular flexibility index (Phi) is 7.20. The van der Waals surface area contributed by atoms with E-state index in [1.54, 1.807) is 36.1 Å². The van der Waals surface area contributed by atoms with Crippen LogP contribution in [0.25, 0.3) is 10.9 Å². The number of nitrogens with zero attached hydrogens (tertiary/aromatic N) is 2. The average molecular weight is 434 g/mol. The lowest BCUT2D eigenvalue weighted by molar-refractivity contribution is -0.119. The molecule has 7 nitrogen and oxygen atoms in total. The summed E-state index contributed by atoms with van der Waals surface area (Å²) in [6.07, 6.45) is 0. The summed E-state index contributed by atoms with van der Waals surface area (Å²) in [6.45, 7) is 8.27. The van der Waals surface area contributed by atoms with Gasteiger partial charge in [-0.1, -0.05) is 18.2 Å². The minimum Gasteiger partial charge on any atom is -0.452 e. The Labute approximate surface area is 187 Å². The minimum atomic E-state index is -0.589. The smallest absolute Gasteiger partial charge is 0.340 e. The minimum absolute atomic E-state index is 0.0588. The van der Waals surface area contributed by atoms with Crippen LogP contribution in [-0.2, 0) is 9.53 Å². The number of rotatable bonds is 7. The van der Waals surface area contributed by atoms with Crippen LogP contribution in [0.5, 0.6) is 0 Å². The Morgan fingerprint density at radius 3 is 2.28 bits per heavy atom. The Bertz CT molecular complexity index is 1150. The molecule has 0 aliphatic carbocycles. The van der Waals surface area contributed by atoms with Crippen LogP contribution in [0, 0.1) is 13.8 Å². The second-order valence-electron chi connectivity index (χ2n) is 7.39. The van der Waals surface area contributed by atoms with E-state index in [1.165, 1.54) is 0 Å². The van der Waals surface area contributed by atoms with Crippen LogP contribution >= 0.6 is 0 Å². The van der Waals surface area contributed by atoms with E-state index in [0.717, 1.165) is 16.5 Å². The number of esters is 1. The van der Waals surface area contributed by atoms with Gasteiger partial charge in [-0.3, -0.25) is 14.6 Å². The molecule has 0 saturated heterocycles. The molecule has 32 heavy (non-hydrogen) atoms. The van der Waals surface area contributed by atoms with E-state index in [2.05, 4.69) is 10.3 Å². The molecular formula is C25H27N3O4. The molecule has 0 saturated carbocycles. The van der Waals surface area contributed by atoms with Crippen LogP contribution in [0.1, 0.15) is 45.8 Å². The first-order valence-corrected chi connectivity index (χ1v) is 10.6. The van der Waals surface area contributed by atoms with Gasteiger partial charge >= 0.3 is 5.97 Å². The predicted molar refractivity (Wildman–Crippen MR) is 124 cm³/mol. The van der Waals surface area contributed by atoms with Crippen molar-refractivity contribution in [3.63, 3.8) is 0 Å². The summed E-state index contributed by atoms with van der Waals surface area (Å²) in [5.41, 5.74) is 3.57. The third kappa shape index (κ3) is 4.94. The third-order valence-electron chi connectivity index (χ3n) is 5.34. The van der Waals surface area contributed by atoms with Gasteiger partial charge in [0.1, 0.15) is 0 Å². The van der Waals surface area contributed by atoms with Crippen molar-refractivity contribution in [2.75, 3.05) is 25.0 Å². The molecule has 0 bridgehead atoms. The molecule has 0 radical (unpaired) electrons. The van der Waals surface area contributed by atoms with Crippen LogP contribution in [0.2, 0.25) is 0 Å². The maximum absolute atomic E-state index is 12.6. The molecular weight excluding hydrogens is 406 g/mol. The zero-order valence-corrected chi connectivity index (χ0v) is 18.8. The summed E-state index contributed by atoms with van der Waals surface area (Å²) in [5.74, 6) is -1.12. The number of ether oxygens (including phenoxy) is 1. The molecule has 2 aromatic carbocycles. The van der Waals surface area contributed by atoms with Gasteiger partial charge in [0.25, 0.3) is 11.8 Å². The number of aryl methyl sites for hydroxylation is 2. The summed E-state index contributed by atoms with van der Waals surface area (Å²) < 4.78 is 5.24. The molecule has 3 aromatic rings. The van der Waals surface area contributed by atoms with E-state index in [9.17, 15) is 14.4 Å². The first-order chi connectivity index (χ1) is 15.3. The SMILES string of the molecule is CCN(CC)C(=O)c1ccc(NC(=O)COC(=O)c2c(C)nc3ccccc3c2C)cc1. The largest absolute Gasteiger partial charge is 0.452 e. The number of para-hydroxylation sites is 1. The van der Waals surface area contributed by atoms with E-state index in [0.29, 0.717) is 35.6 Å². The fourth-order valence-electron chi connectivity index (χ4n) is 3.62. The van der Waals surface area contributed by atoms with Crippen LogP contribution in [0.15, 0.2) is 48.5 Å². The number of carbonyl (C=O) groups excluding carboxylic acids is 3. The second kappa shape index (κ2) is 10.0. The van der Waals surface area contributed by atoms with Crippen LogP contribution < -0.4 is 5.32 Å². The van der Waals surface area contributed by atoms with Gasteiger partial charge in [0, 0.05) is 29.7 Å². The monoisotopic (exact) mass is 433 g/mol. The highest BCUT2D eigenvalue weighted by atomic mass is 16.5. The molecule has 0 aliphatic heterocycles. The Balaban J connectivity index is 1.62. The van der Waals surface area contributed by atoms with Gasteiger partial charge in [-0.2, -0.15) is 0 Å². The van der Waals surface area contributed by atoms with Crippen LogP contribution in [0.4, 0.5) is 5.69 Å². The lowest BCUT2D eigenvalue weighted by Gasteiger charge is -2.18. The van der Waals surface area contributed by atoms with Crippen molar-refractivity contribution in [3.8, 4) is 0 Å². The topological polar surface area (TPSA) is 88.6 Å². The van der Waals surface area contributed by atoms with Gasteiger partial charge in [0.15, 0.2) is 6.61 Å². The molecule has 1 heterocycles. The number of carbonyl (C=O) groups is 3. The Morgan fingerprint density at radius 1 is 0.969 bits per heavy atom. The summed E-state index contributed by atoms with van der Waals surface area (Å²) in [5, 5.41) is 3.54. The Hall–Kier alpha value is -3.74. The van der Waals surface area contributed by atoms with Gasteiger partial charge in [-0.05, 0) is 63.6 Å². The molecule has 7 heteroatoms. The standard InChI is InChI=1S/C25H27N3O4/c1-5-28(6-2)24(30)18-11-13-19(14-12-18)27-22(29)15-32-25(31)23-16(3)20-9-7-8-10-21(20)26-17(23)4/h7-14H,5-6,15H2,1-4H3,(H,27,29). The maximum Gasteiger partial charge on any atom is 0.340 e. The van der Waals surface area contributed by atoms with Gasteiger partial charge in [0.05, 0.1) is 16.8 Å². The van der Waals surface area contributed by atoms with Crippen LogP contribution in [-0.4, -0.2) is 47.4 Å².